The van der Waals surface area contributed by atoms with E-state index in [1.165, 1.54) is 6.33 Å². The number of aromatic nitrogens is 2. The van der Waals surface area contributed by atoms with E-state index in [9.17, 15) is 14.1 Å². The van der Waals surface area contributed by atoms with Gasteiger partial charge in [0.1, 0.15) is 30.5 Å². The summed E-state index contributed by atoms with van der Waals surface area (Å²) in [5.41, 5.74) is 1.52. The van der Waals surface area contributed by atoms with Crippen LogP contribution in [-0.2, 0) is 13.8 Å². The number of hydrogen-bond acceptors (Lipinski definition) is 7. The highest BCUT2D eigenvalue weighted by atomic mass is 32.7. The van der Waals surface area contributed by atoms with Crippen molar-refractivity contribution in [1.29, 1.82) is 0 Å². The molecule has 0 radical (unpaired) electrons. The van der Waals surface area contributed by atoms with E-state index in [-0.39, 0.29) is 0 Å². The maximum Gasteiger partial charge on any atom is 0.582 e. The van der Waals surface area contributed by atoms with Crippen LogP contribution in [0.25, 0.3) is 0 Å². The Bertz CT molecular complexity index is 538. The molecule has 0 aromatic carbocycles. The predicted octanol–water partition coefficient (Wildman–Crippen LogP) is 1.53. The normalized spacial score (nSPS) is 29.5. The first-order chi connectivity index (χ1) is 9.93. The number of thiol groups is 1. The molecule has 1 aromatic rings. The fourth-order valence-corrected chi connectivity index (χ4v) is 2.81. The van der Waals surface area contributed by atoms with Crippen molar-refractivity contribution in [3.63, 3.8) is 0 Å². The molecular weight excluding hydrogens is 320 g/mol. The average Bonchev–Trinajstić information content (AvgIpc) is 2.72. The number of halogens is 1. The lowest BCUT2D eigenvalue weighted by Gasteiger charge is -2.17. The summed E-state index contributed by atoms with van der Waals surface area (Å²) in [6.07, 6.45) is -3.41. The number of nitrogens with one attached hydrogen (secondary N) is 1. The number of aliphatic hydroxyl groups is 1. The molecule has 7 nitrogen and oxygen atoms in total. The monoisotopic (exact) mass is 336 g/mol. The van der Waals surface area contributed by atoms with Crippen molar-refractivity contribution in [2.24, 2.45) is 0 Å². The lowest BCUT2D eigenvalue weighted by Crippen LogP contribution is -2.34. The minimum Gasteiger partial charge on any atom is -0.394 e. The largest absolute Gasteiger partial charge is 0.582 e. The molecular formula is C11H16FN3O4PS+. The molecule has 2 N–H and O–H groups in total. The zero-order valence-corrected chi connectivity index (χ0v) is 13.2. The molecule has 2 rings (SSSR count). The summed E-state index contributed by atoms with van der Waals surface area (Å²) < 4.78 is 35.6. The Morgan fingerprint density at radius 2 is 2.29 bits per heavy atom. The minimum absolute atomic E-state index is 0.433. The topological polar surface area (TPSA) is 93.6 Å². The van der Waals surface area contributed by atoms with Crippen LogP contribution in [0, 0.1) is 13.8 Å². The highest BCUT2D eigenvalue weighted by Crippen LogP contribution is 2.37. The van der Waals surface area contributed by atoms with Crippen LogP contribution in [0.15, 0.2) is 6.33 Å². The average molecular weight is 336 g/mol. The molecule has 1 aliphatic heterocycles. The lowest BCUT2D eigenvalue weighted by atomic mass is 10.1. The van der Waals surface area contributed by atoms with Crippen LogP contribution >= 0.6 is 19.5 Å². The lowest BCUT2D eigenvalue weighted by molar-refractivity contribution is -0.00635. The molecule has 0 bridgehead atoms. The van der Waals surface area contributed by atoms with Crippen LogP contribution in [0.4, 0.5) is 10.2 Å². The Morgan fingerprint density at radius 1 is 1.57 bits per heavy atom. The van der Waals surface area contributed by atoms with Crippen molar-refractivity contribution in [1.82, 2.24) is 9.97 Å². The fraction of sp³-hybridized carbons (Fsp3) is 0.636. The van der Waals surface area contributed by atoms with Crippen molar-refractivity contribution < 1.29 is 23.3 Å². The van der Waals surface area contributed by atoms with Gasteiger partial charge >= 0.3 is 7.23 Å². The zero-order valence-electron chi connectivity index (χ0n) is 11.4. The van der Waals surface area contributed by atoms with Crippen LogP contribution in [0.3, 0.4) is 0 Å². The summed E-state index contributed by atoms with van der Waals surface area (Å²) in [4.78, 5) is 8.05. The number of aryl methyl sites for hydroxylation is 1. The molecule has 116 valence electrons. The second-order valence-corrected chi connectivity index (χ2v) is 6.27. The number of alkyl halides is 1. The van der Waals surface area contributed by atoms with E-state index >= 15 is 0 Å². The first-order valence-electron chi connectivity index (χ1n) is 6.22. The quantitative estimate of drug-likeness (QED) is 0.554. The molecule has 1 aromatic heterocycles. The Morgan fingerprint density at radius 3 is 2.90 bits per heavy atom. The Kier molecular flexibility index (Phi) is 5.45. The van der Waals surface area contributed by atoms with Crippen molar-refractivity contribution in [2.45, 2.75) is 38.5 Å². The van der Waals surface area contributed by atoms with Gasteiger partial charge in [-0.3, -0.25) is 0 Å². The highest BCUT2D eigenvalue weighted by Gasteiger charge is 2.50. The van der Waals surface area contributed by atoms with Gasteiger partial charge in [-0.25, -0.2) is 14.4 Å². The van der Waals surface area contributed by atoms with E-state index in [1.54, 1.807) is 13.8 Å². The molecule has 2 unspecified atom stereocenters. The van der Waals surface area contributed by atoms with Crippen LogP contribution < -0.4 is 5.32 Å². The van der Waals surface area contributed by atoms with Crippen molar-refractivity contribution in [3.8, 4) is 0 Å². The SMILES string of the molecule is Cc1ncnc(NC2O[C@H](CO)[C@@H](O[P+](=O)S)[C@H]2F)c1C. The van der Waals surface area contributed by atoms with Gasteiger partial charge in [0.15, 0.2) is 18.5 Å². The standard InChI is InChI=1S/C11H15FN3O4PS/c1-5-6(2)13-4-14-10(5)15-11-8(12)9(19-20(17)21)7(3-16)18-11/h4,7-9,11,16H,3H2,1-2H3,(H-,13,14,15,17,21)/p+1/t7-,8-,9-,11?/m1/s1. The van der Waals surface area contributed by atoms with E-state index < -0.39 is 38.4 Å². The molecule has 0 amide bonds. The third kappa shape index (κ3) is 3.67. The molecule has 5 atom stereocenters. The van der Waals surface area contributed by atoms with Gasteiger partial charge in [0.25, 0.3) is 0 Å². The summed E-state index contributed by atoms with van der Waals surface area (Å²) in [7, 11) is -2.30. The van der Waals surface area contributed by atoms with Crippen LogP contribution in [0.1, 0.15) is 11.3 Å². The molecule has 1 aliphatic rings. The molecule has 21 heavy (non-hydrogen) atoms. The van der Waals surface area contributed by atoms with E-state index in [1.807, 2.05) is 0 Å². The van der Waals surface area contributed by atoms with Crippen LogP contribution in [0.2, 0.25) is 0 Å². The van der Waals surface area contributed by atoms with E-state index in [0.717, 1.165) is 11.3 Å². The van der Waals surface area contributed by atoms with Gasteiger partial charge in [-0.15, -0.1) is 4.52 Å². The second kappa shape index (κ2) is 6.93. The molecule has 10 heteroatoms. The van der Waals surface area contributed by atoms with Gasteiger partial charge in [0.05, 0.1) is 6.61 Å². The number of aliphatic hydroxyl groups excluding tert-OH is 1. The van der Waals surface area contributed by atoms with Gasteiger partial charge in [0.2, 0.25) is 0 Å². The van der Waals surface area contributed by atoms with Gasteiger partial charge in [-0.05, 0) is 18.4 Å². The smallest absolute Gasteiger partial charge is 0.394 e. The number of hydrogen-bond donors (Lipinski definition) is 3. The highest BCUT2D eigenvalue weighted by molar-refractivity contribution is 8.39. The first kappa shape index (κ1) is 16.5. The third-order valence-electron chi connectivity index (χ3n) is 3.30. The summed E-state index contributed by atoms with van der Waals surface area (Å²) in [5, 5.41) is 12.0. The van der Waals surface area contributed by atoms with Crippen molar-refractivity contribution >= 4 is 25.3 Å². The van der Waals surface area contributed by atoms with Crippen molar-refractivity contribution in [2.75, 3.05) is 11.9 Å². The van der Waals surface area contributed by atoms with Crippen molar-refractivity contribution in [3.05, 3.63) is 17.6 Å². The van der Waals surface area contributed by atoms with E-state index in [4.69, 9.17) is 9.26 Å². The summed E-state index contributed by atoms with van der Waals surface area (Å²) in [5.74, 6) is 0.433. The number of ether oxygens (including phenoxy) is 1. The first-order valence-corrected chi connectivity index (χ1v) is 8.55. The number of nitrogens with zero attached hydrogens (tertiary/aromatic N) is 2. The zero-order chi connectivity index (χ0) is 15.6. The number of anilines is 1. The van der Waals surface area contributed by atoms with Gasteiger partial charge in [0, 0.05) is 11.3 Å². The Balaban J connectivity index is 2.14. The van der Waals surface area contributed by atoms with Gasteiger partial charge in [-0.2, -0.15) is 0 Å². The van der Waals surface area contributed by atoms with Gasteiger partial charge in [-0.1, -0.05) is 0 Å². The van der Waals surface area contributed by atoms with E-state index in [0.29, 0.717) is 5.82 Å². The van der Waals surface area contributed by atoms with Gasteiger partial charge < -0.3 is 15.2 Å². The molecule has 0 spiro atoms. The summed E-state index contributed by atoms with van der Waals surface area (Å²) in [6.45, 7) is 3.14. The summed E-state index contributed by atoms with van der Waals surface area (Å²) in [6, 6.07) is 0. The number of rotatable bonds is 5. The molecule has 1 fully saturated rings. The fourth-order valence-electron chi connectivity index (χ4n) is 2.03. The third-order valence-corrected chi connectivity index (χ3v) is 4.00. The Hall–Kier alpha value is -0.860. The van der Waals surface area contributed by atoms with E-state index in [2.05, 4.69) is 27.5 Å². The maximum atomic E-state index is 14.3. The molecule has 1 saturated heterocycles. The van der Waals surface area contributed by atoms with Crippen LogP contribution in [0.5, 0.6) is 0 Å². The Labute approximate surface area is 127 Å². The molecule has 0 aliphatic carbocycles. The predicted molar refractivity (Wildman–Crippen MR) is 77.2 cm³/mol. The molecule has 0 saturated carbocycles. The minimum atomic E-state index is -2.30. The maximum absolute atomic E-state index is 14.3. The molecule has 2 heterocycles. The summed E-state index contributed by atoms with van der Waals surface area (Å²) >= 11 is 3.59. The second-order valence-electron chi connectivity index (χ2n) is 4.61. The van der Waals surface area contributed by atoms with Crippen LogP contribution in [-0.4, -0.2) is 46.3 Å².